The van der Waals surface area contributed by atoms with Gasteiger partial charge in [0.05, 0.1) is 29.0 Å². The van der Waals surface area contributed by atoms with E-state index in [4.69, 9.17) is 0 Å². The van der Waals surface area contributed by atoms with Crippen molar-refractivity contribution in [3.63, 3.8) is 0 Å². The summed E-state index contributed by atoms with van der Waals surface area (Å²) in [5, 5.41) is 19.4. The molecule has 0 radical (unpaired) electrons. The van der Waals surface area contributed by atoms with E-state index >= 15 is 0 Å². The second-order valence-electron chi connectivity index (χ2n) is 6.66. The standard InChI is InChI=1S/C17H30N2O6S.Na/c1-2-3-4-5-6-7-8-16(22)17-18-9-10-19(17,11-12-20)13-15(21)14-26(23,24)25;/h4-5,15,20-21H,2-3,6-14H2,1H3;/q;+1/b5-4+;. The van der Waals surface area contributed by atoms with Crippen LogP contribution in [0.5, 0.6) is 0 Å². The van der Waals surface area contributed by atoms with Crippen LogP contribution in [0.15, 0.2) is 17.1 Å². The van der Waals surface area contributed by atoms with Crippen LogP contribution in [-0.4, -0.2) is 83.9 Å². The summed E-state index contributed by atoms with van der Waals surface area (Å²) in [7, 11) is -4.57. The Bertz CT molecular complexity index is 623. The van der Waals surface area contributed by atoms with E-state index in [0.29, 0.717) is 25.9 Å². The Balaban J connectivity index is 0.00000676. The van der Waals surface area contributed by atoms with Crippen molar-refractivity contribution in [1.82, 2.24) is 0 Å². The normalized spacial score (nSPS) is 21.1. The number of aliphatic imine (C=N–C) groups is 1. The van der Waals surface area contributed by atoms with Crippen LogP contribution in [-0.2, 0) is 14.9 Å². The molecule has 0 aromatic carbocycles. The molecule has 1 aliphatic heterocycles. The van der Waals surface area contributed by atoms with Gasteiger partial charge < -0.3 is 14.8 Å². The first-order chi connectivity index (χ1) is 12.2. The quantitative estimate of drug-likeness (QED) is 0.111. The van der Waals surface area contributed by atoms with E-state index < -0.39 is 22.0 Å². The minimum Gasteiger partial charge on any atom is -0.748 e. The van der Waals surface area contributed by atoms with Gasteiger partial charge in [-0.2, -0.15) is 0 Å². The Morgan fingerprint density at radius 1 is 1.37 bits per heavy atom. The third-order valence-corrected chi connectivity index (χ3v) is 5.16. The molecule has 8 nitrogen and oxygen atoms in total. The summed E-state index contributed by atoms with van der Waals surface area (Å²) in [6.07, 6.45) is 6.58. The monoisotopic (exact) mass is 413 g/mol. The molecule has 0 bridgehead atoms. The van der Waals surface area contributed by atoms with Crippen molar-refractivity contribution in [2.24, 2.45) is 4.99 Å². The third-order valence-electron chi connectivity index (χ3n) is 4.37. The maximum absolute atomic E-state index is 12.6. The van der Waals surface area contributed by atoms with Crippen molar-refractivity contribution in [3.05, 3.63) is 12.2 Å². The van der Waals surface area contributed by atoms with Gasteiger partial charge >= 0.3 is 29.6 Å². The van der Waals surface area contributed by atoms with Crippen molar-refractivity contribution in [3.8, 4) is 0 Å². The van der Waals surface area contributed by atoms with E-state index in [1.165, 1.54) is 0 Å². The van der Waals surface area contributed by atoms with Crippen LogP contribution in [0.1, 0.15) is 39.0 Å². The number of aliphatic hydroxyl groups is 2. The van der Waals surface area contributed by atoms with E-state index in [2.05, 4.69) is 18.0 Å². The number of hydrogen-bond acceptors (Lipinski definition) is 7. The third kappa shape index (κ3) is 9.76. The van der Waals surface area contributed by atoms with E-state index in [1.54, 1.807) is 0 Å². The van der Waals surface area contributed by atoms with E-state index in [0.717, 1.165) is 19.3 Å². The Morgan fingerprint density at radius 3 is 2.63 bits per heavy atom. The molecule has 0 amide bonds. The molecule has 2 unspecified atom stereocenters. The molecule has 150 valence electrons. The largest absolute Gasteiger partial charge is 1.00 e. The fourth-order valence-electron chi connectivity index (χ4n) is 3.22. The molecular weight excluding hydrogens is 383 g/mol. The van der Waals surface area contributed by atoms with Gasteiger partial charge in [0.15, 0.2) is 0 Å². The molecule has 0 saturated heterocycles. The predicted octanol–water partition coefficient (Wildman–Crippen LogP) is -2.79. The van der Waals surface area contributed by atoms with Crippen LogP contribution in [0.2, 0.25) is 0 Å². The molecule has 1 rings (SSSR count). The number of hydrogen-bond donors (Lipinski definition) is 2. The molecule has 2 atom stereocenters. The summed E-state index contributed by atoms with van der Waals surface area (Å²) in [5.41, 5.74) is 0. The van der Waals surface area contributed by atoms with Gasteiger partial charge in [0.1, 0.15) is 25.7 Å². The molecular formula is C17H30N2NaO6S+. The average molecular weight is 413 g/mol. The van der Waals surface area contributed by atoms with E-state index in [-0.39, 0.29) is 65.4 Å². The first kappa shape index (κ1) is 26.9. The molecule has 1 aliphatic rings. The minimum absolute atomic E-state index is 0. The number of nitrogens with zero attached hydrogens (tertiary/aromatic N) is 2. The number of Topliss-reactive ketones (excluding diaryl/α,β-unsaturated/α-hetero) is 1. The molecule has 1 heterocycles. The Labute approximate surface area is 184 Å². The molecule has 27 heavy (non-hydrogen) atoms. The van der Waals surface area contributed by atoms with Gasteiger partial charge in [-0.05, 0) is 19.3 Å². The Hall–Kier alpha value is -0.130. The molecule has 10 heteroatoms. The zero-order chi connectivity index (χ0) is 19.6. The topological polar surface area (TPSA) is 127 Å². The van der Waals surface area contributed by atoms with Gasteiger partial charge in [0, 0.05) is 6.42 Å². The van der Waals surface area contributed by atoms with Crippen molar-refractivity contribution < 1.29 is 62.0 Å². The van der Waals surface area contributed by atoms with Crippen molar-refractivity contribution in [1.29, 1.82) is 0 Å². The van der Waals surface area contributed by atoms with Gasteiger partial charge in [-0.15, -0.1) is 0 Å². The van der Waals surface area contributed by atoms with Crippen LogP contribution in [0.25, 0.3) is 0 Å². The first-order valence-electron chi connectivity index (χ1n) is 9.06. The number of aliphatic hydroxyl groups excluding tert-OH is 2. The molecule has 0 aromatic rings. The zero-order valence-electron chi connectivity index (χ0n) is 16.3. The van der Waals surface area contributed by atoms with Crippen molar-refractivity contribution >= 4 is 21.7 Å². The van der Waals surface area contributed by atoms with Crippen LogP contribution in [0.4, 0.5) is 0 Å². The second-order valence-corrected chi connectivity index (χ2v) is 8.11. The fraction of sp³-hybridized carbons (Fsp3) is 0.765. The average Bonchev–Trinajstić information content (AvgIpc) is 2.92. The van der Waals surface area contributed by atoms with Gasteiger partial charge in [-0.3, -0.25) is 9.28 Å². The number of quaternary nitrogens is 1. The molecule has 0 saturated carbocycles. The summed E-state index contributed by atoms with van der Waals surface area (Å²) in [6.45, 7) is 2.66. The van der Waals surface area contributed by atoms with Crippen molar-refractivity contribution in [2.75, 3.05) is 38.5 Å². The molecule has 0 aromatic heterocycles. The van der Waals surface area contributed by atoms with Gasteiger partial charge in [0.25, 0.3) is 5.84 Å². The molecule has 0 spiro atoms. The smallest absolute Gasteiger partial charge is 0.748 e. The SMILES string of the molecule is CCC/C=C/CCCC(=O)C1=NCC[N+]1(CCO)CC(O)CS(=O)(=O)[O-].[Na+]. The number of allylic oxidation sites excluding steroid dienone is 2. The number of carbonyl (C=O) groups is 1. The summed E-state index contributed by atoms with van der Waals surface area (Å²) in [6, 6.07) is 0. The number of carbonyl (C=O) groups excluding carboxylic acids is 1. The number of rotatable bonds is 13. The van der Waals surface area contributed by atoms with Crippen LogP contribution >= 0.6 is 0 Å². The first-order valence-corrected chi connectivity index (χ1v) is 10.6. The van der Waals surface area contributed by atoms with E-state index in [9.17, 15) is 28.0 Å². The fourth-order valence-corrected chi connectivity index (χ4v) is 3.80. The molecule has 0 aliphatic carbocycles. The second kappa shape index (κ2) is 13.2. The van der Waals surface area contributed by atoms with Crippen LogP contribution in [0.3, 0.4) is 0 Å². The molecule has 0 fully saturated rings. The summed E-state index contributed by atoms with van der Waals surface area (Å²) in [4.78, 5) is 16.8. The Kier molecular flexibility index (Phi) is 13.1. The number of ketones is 1. The predicted molar refractivity (Wildman–Crippen MR) is 97.7 cm³/mol. The van der Waals surface area contributed by atoms with Gasteiger partial charge in [-0.1, -0.05) is 25.5 Å². The van der Waals surface area contributed by atoms with Crippen LogP contribution < -0.4 is 29.6 Å². The minimum atomic E-state index is -4.57. The van der Waals surface area contributed by atoms with E-state index in [1.807, 2.05) is 6.08 Å². The van der Waals surface area contributed by atoms with Crippen molar-refractivity contribution in [2.45, 2.75) is 45.1 Å². The summed E-state index contributed by atoms with van der Waals surface area (Å²) >= 11 is 0. The van der Waals surface area contributed by atoms with Crippen LogP contribution in [0, 0.1) is 0 Å². The maximum Gasteiger partial charge on any atom is 1.00 e. The molecule has 2 N–H and O–H groups in total. The summed E-state index contributed by atoms with van der Waals surface area (Å²) < 4.78 is 32.5. The maximum atomic E-state index is 12.6. The number of unbranched alkanes of at least 4 members (excludes halogenated alkanes) is 2. The summed E-state index contributed by atoms with van der Waals surface area (Å²) in [5.74, 6) is -0.807. The van der Waals surface area contributed by atoms with Gasteiger partial charge in [0.2, 0.25) is 5.78 Å². The number of amidine groups is 1. The Morgan fingerprint density at radius 2 is 2.04 bits per heavy atom. The van der Waals surface area contributed by atoms with Gasteiger partial charge in [-0.25, -0.2) is 13.4 Å². The zero-order valence-corrected chi connectivity index (χ0v) is 19.2.